The van der Waals surface area contributed by atoms with E-state index in [1.807, 2.05) is 6.92 Å². The molecular weight excluding hydrogens is 275 g/mol. The van der Waals surface area contributed by atoms with Crippen LogP contribution in [-0.4, -0.2) is 11.5 Å². The van der Waals surface area contributed by atoms with Crippen molar-refractivity contribution in [2.24, 2.45) is 0 Å². The number of anilines is 1. The fraction of sp³-hybridized carbons (Fsp3) is 0.250. The predicted molar refractivity (Wildman–Crippen MR) is 72.0 cm³/mol. The van der Waals surface area contributed by atoms with Gasteiger partial charge in [0.2, 0.25) is 0 Å². The standard InChI is InChI=1S/C12H12ClFN2OS/c1-2-15-12-16-6-9(18-12)7-17-11-4-3-8(14)5-10(11)13/h3-6H,2,7H2,1H3,(H,15,16). The van der Waals surface area contributed by atoms with Gasteiger partial charge in [-0.25, -0.2) is 9.37 Å². The Labute approximate surface area is 114 Å². The zero-order chi connectivity index (χ0) is 13.0. The van der Waals surface area contributed by atoms with E-state index in [1.165, 1.54) is 29.5 Å². The molecule has 0 aliphatic carbocycles. The van der Waals surface area contributed by atoms with Gasteiger partial charge in [0.05, 0.1) is 9.90 Å². The molecule has 3 nitrogen and oxygen atoms in total. The Hall–Kier alpha value is -1.33. The second kappa shape index (κ2) is 6.02. The second-order valence-corrected chi connectivity index (χ2v) is 5.05. The highest BCUT2D eigenvalue weighted by molar-refractivity contribution is 7.15. The molecule has 0 aliphatic heterocycles. The molecule has 0 bridgehead atoms. The van der Waals surface area contributed by atoms with E-state index in [1.54, 1.807) is 6.20 Å². The predicted octanol–water partition coefficient (Wildman–Crippen LogP) is 3.95. The van der Waals surface area contributed by atoms with Crippen LogP contribution in [0, 0.1) is 5.82 Å². The summed E-state index contributed by atoms with van der Waals surface area (Å²) in [7, 11) is 0. The normalized spacial score (nSPS) is 10.4. The van der Waals surface area contributed by atoms with Gasteiger partial charge in [-0.3, -0.25) is 0 Å². The van der Waals surface area contributed by atoms with E-state index in [4.69, 9.17) is 16.3 Å². The minimum atomic E-state index is -0.375. The molecule has 2 aromatic rings. The largest absolute Gasteiger partial charge is 0.486 e. The Morgan fingerprint density at radius 1 is 1.50 bits per heavy atom. The van der Waals surface area contributed by atoms with Crippen molar-refractivity contribution in [3.8, 4) is 5.75 Å². The van der Waals surface area contributed by atoms with Gasteiger partial charge in [0.15, 0.2) is 5.13 Å². The highest BCUT2D eigenvalue weighted by atomic mass is 35.5. The SMILES string of the molecule is CCNc1ncc(COc2ccc(F)cc2Cl)s1. The molecule has 96 valence electrons. The van der Waals surface area contributed by atoms with Gasteiger partial charge >= 0.3 is 0 Å². The minimum Gasteiger partial charge on any atom is -0.486 e. The van der Waals surface area contributed by atoms with Gasteiger partial charge < -0.3 is 10.1 Å². The third kappa shape index (κ3) is 3.34. The van der Waals surface area contributed by atoms with Crippen LogP contribution in [-0.2, 0) is 6.61 Å². The van der Waals surface area contributed by atoms with Crippen LogP contribution in [0.3, 0.4) is 0 Å². The van der Waals surface area contributed by atoms with E-state index in [9.17, 15) is 4.39 Å². The second-order valence-electron chi connectivity index (χ2n) is 3.53. The molecule has 1 aromatic heterocycles. The molecule has 0 radical (unpaired) electrons. The fourth-order valence-corrected chi connectivity index (χ4v) is 2.36. The minimum absolute atomic E-state index is 0.270. The maximum absolute atomic E-state index is 12.8. The van der Waals surface area contributed by atoms with Crippen LogP contribution < -0.4 is 10.1 Å². The van der Waals surface area contributed by atoms with Crippen LogP contribution in [0.4, 0.5) is 9.52 Å². The average molecular weight is 287 g/mol. The number of thiazole rings is 1. The molecule has 0 fully saturated rings. The van der Waals surface area contributed by atoms with Crippen molar-refractivity contribution in [3.63, 3.8) is 0 Å². The van der Waals surface area contributed by atoms with Gasteiger partial charge in [0, 0.05) is 12.7 Å². The van der Waals surface area contributed by atoms with Crippen molar-refractivity contribution in [1.29, 1.82) is 0 Å². The van der Waals surface area contributed by atoms with Gasteiger partial charge in [-0.1, -0.05) is 22.9 Å². The Balaban J connectivity index is 1.97. The van der Waals surface area contributed by atoms with E-state index >= 15 is 0 Å². The first-order valence-electron chi connectivity index (χ1n) is 5.45. The number of hydrogen-bond donors (Lipinski definition) is 1. The van der Waals surface area contributed by atoms with Crippen molar-refractivity contribution >= 4 is 28.1 Å². The summed E-state index contributed by atoms with van der Waals surface area (Å²) in [6.07, 6.45) is 1.75. The molecule has 0 saturated carbocycles. The Morgan fingerprint density at radius 2 is 2.33 bits per heavy atom. The molecule has 0 amide bonds. The van der Waals surface area contributed by atoms with Gasteiger partial charge in [-0.2, -0.15) is 0 Å². The summed E-state index contributed by atoms with van der Waals surface area (Å²) in [5.41, 5.74) is 0. The van der Waals surface area contributed by atoms with Gasteiger partial charge in [-0.15, -0.1) is 0 Å². The van der Waals surface area contributed by atoms with E-state index < -0.39 is 0 Å². The lowest BCUT2D eigenvalue weighted by molar-refractivity contribution is 0.309. The Kier molecular flexibility index (Phi) is 4.38. The third-order valence-electron chi connectivity index (χ3n) is 2.15. The van der Waals surface area contributed by atoms with E-state index in [0.29, 0.717) is 12.4 Å². The lowest BCUT2D eigenvalue weighted by atomic mass is 10.3. The molecule has 0 spiro atoms. The quantitative estimate of drug-likeness (QED) is 0.904. The first-order chi connectivity index (χ1) is 8.69. The molecule has 1 aromatic carbocycles. The highest BCUT2D eigenvalue weighted by Crippen LogP contribution is 2.27. The van der Waals surface area contributed by atoms with Gasteiger partial charge in [0.25, 0.3) is 0 Å². The number of ether oxygens (including phenoxy) is 1. The number of hydrogen-bond acceptors (Lipinski definition) is 4. The number of halogens is 2. The molecule has 6 heteroatoms. The molecule has 2 rings (SSSR count). The topological polar surface area (TPSA) is 34.2 Å². The average Bonchev–Trinajstić information content (AvgIpc) is 2.76. The number of aromatic nitrogens is 1. The smallest absolute Gasteiger partial charge is 0.182 e. The first kappa shape index (κ1) is 13.1. The molecule has 0 aliphatic rings. The summed E-state index contributed by atoms with van der Waals surface area (Å²) in [5, 5.41) is 4.25. The summed E-state index contributed by atoms with van der Waals surface area (Å²) in [6.45, 7) is 3.21. The molecule has 0 unspecified atom stereocenters. The summed E-state index contributed by atoms with van der Waals surface area (Å²) in [5.74, 6) is 0.0936. The number of nitrogens with one attached hydrogen (secondary N) is 1. The van der Waals surface area contributed by atoms with Crippen LogP contribution in [0.25, 0.3) is 0 Å². The number of benzene rings is 1. The van der Waals surface area contributed by atoms with Crippen molar-refractivity contribution in [3.05, 3.63) is 40.1 Å². The summed E-state index contributed by atoms with van der Waals surface area (Å²) >= 11 is 7.38. The van der Waals surface area contributed by atoms with Gasteiger partial charge in [0.1, 0.15) is 18.2 Å². The maximum Gasteiger partial charge on any atom is 0.182 e. The third-order valence-corrected chi connectivity index (χ3v) is 3.37. The van der Waals surface area contributed by atoms with E-state index in [0.717, 1.165) is 16.6 Å². The summed E-state index contributed by atoms with van der Waals surface area (Å²) < 4.78 is 18.4. The van der Waals surface area contributed by atoms with Crippen molar-refractivity contribution in [1.82, 2.24) is 4.98 Å². The van der Waals surface area contributed by atoms with Crippen LogP contribution in [0.2, 0.25) is 5.02 Å². The molecule has 18 heavy (non-hydrogen) atoms. The maximum atomic E-state index is 12.8. The monoisotopic (exact) mass is 286 g/mol. The zero-order valence-corrected chi connectivity index (χ0v) is 11.3. The Morgan fingerprint density at radius 3 is 3.06 bits per heavy atom. The number of rotatable bonds is 5. The van der Waals surface area contributed by atoms with E-state index in [2.05, 4.69) is 10.3 Å². The van der Waals surface area contributed by atoms with Crippen LogP contribution in [0.5, 0.6) is 5.75 Å². The lowest BCUT2D eigenvalue weighted by Gasteiger charge is -2.06. The van der Waals surface area contributed by atoms with Crippen molar-refractivity contribution < 1.29 is 9.13 Å². The van der Waals surface area contributed by atoms with Crippen LogP contribution in [0.15, 0.2) is 24.4 Å². The molecule has 1 heterocycles. The van der Waals surface area contributed by atoms with Crippen LogP contribution in [0.1, 0.15) is 11.8 Å². The Bertz CT molecular complexity index is 533. The molecule has 1 N–H and O–H groups in total. The summed E-state index contributed by atoms with van der Waals surface area (Å²) in [6, 6.07) is 4.06. The molecular formula is C12H12ClFN2OS. The van der Waals surface area contributed by atoms with Crippen molar-refractivity contribution in [2.75, 3.05) is 11.9 Å². The van der Waals surface area contributed by atoms with E-state index in [-0.39, 0.29) is 10.8 Å². The van der Waals surface area contributed by atoms with Crippen LogP contribution >= 0.6 is 22.9 Å². The highest BCUT2D eigenvalue weighted by Gasteiger charge is 2.05. The molecule has 0 saturated heterocycles. The summed E-state index contributed by atoms with van der Waals surface area (Å²) in [4.78, 5) is 5.17. The molecule has 0 atom stereocenters. The lowest BCUT2D eigenvalue weighted by Crippen LogP contribution is -1.94. The van der Waals surface area contributed by atoms with Crippen molar-refractivity contribution in [2.45, 2.75) is 13.5 Å². The fourth-order valence-electron chi connectivity index (χ4n) is 1.35. The number of nitrogens with zero attached hydrogens (tertiary/aromatic N) is 1. The zero-order valence-electron chi connectivity index (χ0n) is 9.74. The first-order valence-corrected chi connectivity index (χ1v) is 6.65. The van der Waals surface area contributed by atoms with Gasteiger partial charge in [-0.05, 0) is 25.1 Å².